The van der Waals surface area contributed by atoms with Crippen LogP contribution in [0, 0.1) is 19.7 Å². The third-order valence-electron chi connectivity index (χ3n) is 5.03. The fraction of sp³-hybridized carbons (Fsp3) is 0.125. The van der Waals surface area contributed by atoms with Crippen molar-refractivity contribution >= 4 is 27.3 Å². The number of anilines is 1. The molecule has 0 spiro atoms. The first-order valence-electron chi connectivity index (χ1n) is 10.2. The maximum Gasteiger partial charge on any atom is 0.340 e. The van der Waals surface area contributed by atoms with Gasteiger partial charge in [-0.05, 0) is 61.4 Å². The van der Waals surface area contributed by atoms with E-state index in [1.807, 2.05) is 13.0 Å². The number of sulfonamides is 1. The molecule has 0 aliphatic rings. The highest BCUT2D eigenvalue weighted by Crippen LogP contribution is 2.23. The third-order valence-corrected chi connectivity index (χ3v) is 6.56. The first kappa shape index (κ1) is 23.1. The Hall–Kier alpha value is -4.05. The van der Waals surface area contributed by atoms with Crippen molar-refractivity contribution in [2.45, 2.75) is 25.3 Å². The van der Waals surface area contributed by atoms with Gasteiger partial charge in [0.2, 0.25) is 0 Å². The van der Waals surface area contributed by atoms with Crippen LogP contribution in [-0.2, 0) is 21.4 Å². The van der Waals surface area contributed by atoms with Crippen molar-refractivity contribution in [2.75, 3.05) is 4.72 Å². The van der Waals surface area contributed by atoms with Crippen LogP contribution in [-0.4, -0.2) is 23.8 Å². The maximum atomic E-state index is 13.4. The fourth-order valence-corrected chi connectivity index (χ4v) is 4.72. The zero-order chi connectivity index (χ0) is 24.5. The van der Waals surface area contributed by atoms with Crippen LogP contribution in [0.1, 0.15) is 27.2 Å². The van der Waals surface area contributed by atoms with Crippen molar-refractivity contribution in [3.8, 4) is 0 Å². The van der Waals surface area contributed by atoms with Crippen LogP contribution in [0.3, 0.4) is 0 Å². The Labute approximate surface area is 194 Å². The van der Waals surface area contributed by atoms with E-state index < -0.39 is 21.8 Å². The van der Waals surface area contributed by atoms with Gasteiger partial charge in [-0.3, -0.25) is 13.9 Å². The minimum Gasteiger partial charge on any atom is -0.456 e. The Morgan fingerprint density at radius 3 is 2.62 bits per heavy atom. The summed E-state index contributed by atoms with van der Waals surface area (Å²) in [4.78, 5) is 29.3. The second kappa shape index (κ2) is 9.06. The second-order valence-corrected chi connectivity index (χ2v) is 9.31. The van der Waals surface area contributed by atoms with E-state index in [1.54, 1.807) is 24.4 Å². The average Bonchev–Trinajstić information content (AvgIpc) is 2.78. The molecule has 174 valence electrons. The minimum absolute atomic E-state index is 0.00163. The van der Waals surface area contributed by atoms with E-state index in [4.69, 9.17) is 4.74 Å². The molecule has 2 aromatic heterocycles. The smallest absolute Gasteiger partial charge is 0.340 e. The molecule has 4 rings (SSSR count). The van der Waals surface area contributed by atoms with Gasteiger partial charge in [-0.25, -0.2) is 22.6 Å². The Morgan fingerprint density at radius 1 is 1.09 bits per heavy atom. The normalized spacial score (nSPS) is 11.4. The summed E-state index contributed by atoms with van der Waals surface area (Å²) in [5.74, 6) is -1.36. The van der Waals surface area contributed by atoms with Crippen LogP contribution >= 0.6 is 0 Å². The predicted octanol–water partition coefficient (Wildman–Crippen LogP) is 3.61. The summed E-state index contributed by atoms with van der Waals surface area (Å²) in [5, 5.41) is 0. The van der Waals surface area contributed by atoms with Crippen LogP contribution < -0.4 is 10.3 Å². The summed E-state index contributed by atoms with van der Waals surface area (Å²) in [6.45, 7) is 3.04. The van der Waals surface area contributed by atoms with Gasteiger partial charge in [-0.2, -0.15) is 0 Å². The maximum absolute atomic E-state index is 13.4. The molecule has 2 heterocycles. The zero-order valence-electron chi connectivity index (χ0n) is 18.3. The van der Waals surface area contributed by atoms with Crippen LogP contribution in [0.4, 0.5) is 10.1 Å². The van der Waals surface area contributed by atoms with Crippen molar-refractivity contribution in [1.82, 2.24) is 9.38 Å². The van der Waals surface area contributed by atoms with Crippen molar-refractivity contribution in [1.29, 1.82) is 0 Å². The molecule has 10 heteroatoms. The number of ether oxygens (including phenoxy) is 1. The molecule has 0 atom stereocenters. The number of aryl methyl sites for hydroxylation is 2. The molecule has 0 radical (unpaired) electrons. The number of pyridine rings is 1. The Morgan fingerprint density at radius 2 is 1.85 bits per heavy atom. The highest BCUT2D eigenvalue weighted by atomic mass is 32.2. The molecule has 8 nitrogen and oxygen atoms in total. The largest absolute Gasteiger partial charge is 0.456 e. The van der Waals surface area contributed by atoms with E-state index in [9.17, 15) is 22.4 Å². The standard InChI is InChI=1S/C24H20FN3O5S/c1-15-7-10-22-26-18(12-23(29)28(22)13-15)14-33-24(30)19-5-3-4-6-20(19)27-34(31,32)21-9-8-17(25)11-16(21)2/h3-13,27H,14H2,1-2H3. The Kier molecular flexibility index (Phi) is 6.16. The third kappa shape index (κ3) is 4.81. The molecular weight excluding hydrogens is 461 g/mol. The van der Waals surface area contributed by atoms with Gasteiger partial charge in [0, 0.05) is 12.3 Å². The van der Waals surface area contributed by atoms with Gasteiger partial charge in [-0.15, -0.1) is 0 Å². The highest BCUT2D eigenvalue weighted by molar-refractivity contribution is 7.92. The van der Waals surface area contributed by atoms with Gasteiger partial charge in [0.1, 0.15) is 18.1 Å². The van der Waals surface area contributed by atoms with Crippen LogP contribution in [0.25, 0.3) is 5.65 Å². The van der Waals surface area contributed by atoms with Crippen molar-refractivity contribution in [2.24, 2.45) is 0 Å². The van der Waals surface area contributed by atoms with E-state index in [0.29, 0.717) is 5.65 Å². The van der Waals surface area contributed by atoms with Gasteiger partial charge in [0.05, 0.1) is 21.8 Å². The SMILES string of the molecule is Cc1ccc2nc(COC(=O)c3ccccc3NS(=O)(=O)c3ccc(F)cc3C)cc(=O)n2c1. The van der Waals surface area contributed by atoms with E-state index in [1.165, 1.54) is 29.5 Å². The summed E-state index contributed by atoms with van der Waals surface area (Å²) < 4.78 is 48.1. The summed E-state index contributed by atoms with van der Waals surface area (Å²) in [5.41, 5.74) is 1.43. The number of carbonyl (C=O) groups is 1. The lowest BCUT2D eigenvalue weighted by molar-refractivity contribution is 0.0469. The molecule has 0 saturated heterocycles. The molecule has 0 unspecified atom stereocenters. The number of esters is 1. The number of halogens is 1. The first-order valence-corrected chi connectivity index (χ1v) is 11.7. The number of hydrogen-bond donors (Lipinski definition) is 1. The van der Waals surface area contributed by atoms with Crippen molar-refractivity contribution in [3.63, 3.8) is 0 Å². The van der Waals surface area contributed by atoms with Crippen LogP contribution in [0.5, 0.6) is 0 Å². The lowest BCUT2D eigenvalue weighted by Gasteiger charge is -2.13. The molecule has 0 aliphatic heterocycles. The van der Waals surface area contributed by atoms with Gasteiger partial charge in [0.25, 0.3) is 15.6 Å². The number of benzene rings is 2. The average molecular weight is 482 g/mol. The number of hydrogen-bond acceptors (Lipinski definition) is 6. The molecule has 0 bridgehead atoms. The Balaban J connectivity index is 1.56. The summed E-state index contributed by atoms with van der Waals surface area (Å²) in [6.07, 6.45) is 1.66. The van der Waals surface area contributed by atoms with Gasteiger partial charge >= 0.3 is 5.97 Å². The van der Waals surface area contributed by atoms with E-state index >= 15 is 0 Å². The molecule has 2 aromatic carbocycles. The van der Waals surface area contributed by atoms with Crippen LogP contribution in [0.2, 0.25) is 0 Å². The van der Waals surface area contributed by atoms with Crippen molar-refractivity contribution in [3.05, 3.63) is 105 Å². The minimum atomic E-state index is -4.10. The molecule has 1 N–H and O–H groups in total. The molecule has 0 amide bonds. The van der Waals surface area contributed by atoms with Gasteiger partial charge in [-0.1, -0.05) is 18.2 Å². The zero-order valence-corrected chi connectivity index (χ0v) is 19.1. The number of nitrogens with zero attached hydrogens (tertiary/aromatic N) is 2. The highest BCUT2D eigenvalue weighted by Gasteiger charge is 2.21. The fourth-order valence-electron chi connectivity index (χ4n) is 3.41. The number of rotatable bonds is 6. The quantitative estimate of drug-likeness (QED) is 0.422. The van der Waals surface area contributed by atoms with E-state index in [-0.39, 0.29) is 39.6 Å². The lowest BCUT2D eigenvalue weighted by atomic mass is 10.2. The molecule has 0 fully saturated rings. The van der Waals surface area contributed by atoms with Crippen molar-refractivity contribution < 1.29 is 22.3 Å². The molecule has 0 aliphatic carbocycles. The molecule has 4 aromatic rings. The first-order chi connectivity index (χ1) is 16.1. The monoisotopic (exact) mass is 481 g/mol. The van der Waals surface area contributed by atoms with E-state index in [0.717, 1.165) is 23.8 Å². The number of para-hydroxylation sites is 1. The number of carbonyl (C=O) groups excluding carboxylic acids is 1. The number of aromatic nitrogens is 2. The second-order valence-electron chi connectivity index (χ2n) is 7.66. The number of nitrogens with one attached hydrogen (secondary N) is 1. The number of fused-ring (bicyclic) bond motifs is 1. The molecule has 34 heavy (non-hydrogen) atoms. The summed E-state index contributed by atoms with van der Waals surface area (Å²) in [7, 11) is -4.10. The van der Waals surface area contributed by atoms with E-state index in [2.05, 4.69) is 9.71 Å². The topological polar surface area (TPSA) is 107 Å². The summed E-state index contributed by atoms with van der Waals surface area (Å²) >= 11 is 0. The van der Waals surface area contributed by atoms with Crippen LogP contribution in [0.15, 0.2) is 76.6 Å². The molecular formula is C24H20FN3O5S. The van der Waals surface area contributed by atoms with Gasteiger partial charge in [0.15, 0.2) is 0 Å². The lowest BCUT2D eigenvalue weighted by Crippen LogP contribution is -2.18. The molecule has 0 saturated carbocycles. The summed E-state index contributed by atoms with van der Waals surface area (Å²) in [6, 6.07) is 14.0. The Bertz CT molecular complexity index is 1580. The predicted molar refractivity (Wildman–Crippen MR) is 124 cm³/mol. The van der Waals surface area contributed by atoms with Gasteiger partial charge < -0.3 is 4.74 Å².